The van der Waals surface area contributed by atoms with Crippen LogP contribution >= 0.6 is 24.0 Å². The van der Waals surface area contributed by atoms with Gasteiger partial charge in [0.25, 0.3) is 0 Å². The molecule has 0 aromatic heterocycles. The summed E-state index contributed by atoms with van der Waals surface area (Å²) in [5.41, 5.74) is 2.12. The monoisotopic (exact) mass is 458 g/mol. The summed E-state index contributed by atoms with van der Waals surface area (Å²) in [5, 5.41) is 6.37. The molecule has 1 atom stereocenters. The summed E-state index contributed by atoms with van der Waals surface area (Å²) in [5.74, 6) is 0.693. The van der Waals surface area contributed by atoms with Gasteiger partial charge in [-0.25, -0.2) is 0 Å². The van der Waals surface area contributed by atoms with Crippen LogP contribution < -0.4 is 15.5 Å². The molecule has 0 bridgehead atoms. The summed E-state index contributed by atoms with van der Waals surface area (Å²) >= 11 is 0. The van der Waals surface area contributed by atoms with Gasteiger partial charge in [0.15, 0.2) is 5.96 Å². The Hall–Kier alpha value is -1.35. The lowest BCUT2D eigenvalue weighted by molar-refractivity contribution is -0.117. The number of aliphatic imine (C=N–C) groups is 1. The first-order chi connectivity index (χ1) is 11.6. The van der Waals surface area contributed by atoms with Gasteiger partial charge in [0, 0.05) is 32.4 Å². The van der Waals surface area contributed by atoms with E-state index in [2.05, 4.69) is 28.6 Å². The van der Waals surface area contributed by atoms with E-state index in [0.717, 1.165) is 38.1 Å². The van der Waals surface area contributed by atoms with E-state index in [0.29, 0.717) is 12.5 Å². The molecule has 1 fully saturated rings. The Morgan fingerprint density at radius 2 is 2.16 bits per heavy atom. The quantitative estimate of drug-likeness (QED) is 0.411. The Labute approximate surface area is 166 Å². The van der Waals surface area contributed by atoms with E-state index >= 15 is 0 Å². The van der Waals surface area contributed by atoms with Crippen LogP contribution in [0.25, 0.3) is 0 Å². The van der Waals surface area contributed by atoms with Crippen molar-refractivity contribution in [1.29, 1.82) is 0 Å². The summed E-state index contributed by atoms with van der Waals surface area (Å²) < 4.78 is 5.76. The van der Waals surface area contributed by atoms with E-state index in [1.807, 2.05) is 23.1 Å². The highest BCUT2D eigenvalue weighted by Gasteiger charge is 2.30. The number of anilines is 1. The first-order valence-electron chi connectivity index (χ1n) is 8.58. The molecule has 1 aromatic carbocycles. The number of guanidine groups is 1. The maximum atomic E-state index is 12.5. The van der Waals surface area contributed by atoms with Crippen LogP contribution in [0, 0.1) is 0 Å². The van der Waals surface area contributed by atoms with Crippen LogP contribution in [-0.4, -0.2) is 50.8 Å². The first-order valence-corrected chi connectivity index (χ1v) is 8.58. The van der Waals surface area contributed by atoms with Crippen molar-refractivity contribution in [3.8, 4) is 0 Å². The van der Waals surface area contributed by atoms with Crippen molar-refractivity contribution in [3.63, 3.8) is 0 Å². The molecule has 1 amide bonds. The van der Waals surface area contributed by atoms with E-state index < -0.39 is 0 Å². The molecule has 0 radical (unpaired) electrons. The van der Waals surface area contributed by atoms with Gasteiger partial charge < -0.3 is 20.3 Å². The van der Waals surface area contributed by atoms with Crippen LogP contribution in [0.2, 0.25) is 0 Å². The van der Waals surface area contributed by atoms with Crippen molar-refractivity contribution in [3.05, 3.63) is 29.8 Å². The molecule has 1 unspecified atom stereocenters. The number of nitrogens with one attached hydrogen (secondary N) is 2. The third kappa shape index (κ3) is 4.84. The number of benzene rings is 1. The molecule has 138 valence electrons. The number of para-hydroxylation sites is 1. The van der Waals surface area contributed by atoms with Crippen molar-refractivity contribution in [2.24, 2.45) is 4.99 Å². The smallest absolute Gasteiger partial charge is 0.246 e. The zero-order chi connectivity index (χ0) is 17.0. The molecular weight excluding hydrogens is 431 g/mol. The molecule has 0 aliphatic carbocycles. The van der Waals surface area contributed by atoms with Gasteiger partial charge in [0.1, 0.15) is 0 Å². The van der Waals surface area contributed by atoms with E-state index in [4.69, 9.17) is 4.74 Å². The third-order valence-corrected chi connectivity index (χ3v) is 4.75. The van der Waals surface area contributed by atoms with Gasteiger partial charge in [-0.3, -0.25) is 9.79 Å². The number of hydrogen-bond acceptors (Lipinski definition) is 3. The van der Waals surface area contributed by atoms with Crippen molar-refractivity contribution >= 4 is 41.5 Å². The number of rotatable bonds is 4. The predicted octanol–water partition coefficient (Wildman–Crippen LogP) is 1.93. The first kappa shape index (κ1) is 20.0. The minimum atomic E-state index is -0.143. The molecule has 25 heavy (non-hydrogen) atoms. The van der Waals surface area contributed by atoms with Crippen molar-refractivity contribution < 1.29 is 9.53 Å². The zero-order valence-electron chi connectivity index (χ0n) is 14.9. The number of halogens is 1. The molecule has 2 aliphatic heterocycles. The highest BCUT2D eigenvalue weighted by Crippen LogP contribution is 2.27. The van der Waals surface area contributed by atoms with E-state index in [1.165, 1.54) is 5.56 Å². The van der Waals surface area contributed by atoms with Crippen LogP contribution in [-0.2, 0) is 16.0 Å². The van der Waals surface area contributed by atoms with Gasteiger partial charge in [0.2, 0.25) is 5.91 Å². The van der Waals surface area contributed by atoms with Crippen LogP contribution in [0.3, 0.4) is 0 Å². The minimum Gasteiger partial charge on any atom is -0.373 e. The molecule has 2 N–H and O–H groups in total. The molecule has 0 saturated carbocycles. The highest BCUT2D eigenvalue weighted by molar-refractivity contribution is 14.0. The molecule has 7 heteroatoms. The maximum absolute atomic E-state index is 12.5. The van der Waals surface area contributed by atoms with Gasteiger partial charge >= 0.3 is 0 Å². The second-order valence-electron chi connectivity index (χ2n) is 6.61. The molecule has 2 heterocycles. The minimum absolute atomic E-state index is 0. The molecule has 1 aromatic rings. The van der Waals surface area contributed by atoms with Gasteiger partial charge in [-0.05, 0) is 37.8 Å². The summed E-state index contributed by atoms with van der Waals surface area (Å²) in [6.45, 7) is 4.58. The topological polar surface area (TPSA) is 66.0 Å². The maximum Gasteiger partial charge on any atom is 0.246 e. The van der Waals surface area contributed by atoms with Crippen LogP contribution in [0.1, 0.15) is 25.3 Å². The Bertz CT molecular complexity index is 629. The summed E-state index contributed by atoms with van der Waals surface area (Å²) in [7, 11) is 1.71. The molecule has 2 aliphatic rings. The van der Waals surface area contributed by atoms with Gasteiger partial charge in [-0.15, -0.1) is 24.0 Å². The zero-order valence-corrected chi connectivity index (χ0v) is 17.2. The second kappa shape index (κ2) is 8.84. The second-order valence-corrected chi connectivity index (χ2v) is 6.61. The normalized spacial score (nSPS) is 22.3. The molecular formula is C18H27IN4O2. The Morgan fingerprint density at radius 3 is 2.88 bits per heavy atom. The Kier molecular flexibility index (Phi) is 7.06. The van der Waals surface area contributed by atoms with Gasteiger partial charge in [-0.2, -0.15) is 0 Å². The van der Waals surface area contributed by atoms with Crippen molar-refractivity contribution in [2.45, 2.75) is 31.8 Å². The lowest BCUT2D eigenvalue weighted by Gasteiger charge is -2.25. The Morgan fingerprint density at radius 1 is 1.36 bits per heavy atom. The lowest BCUT2D eigenvalue weighted by atomic mass is 10.0. The standard InChI is InChI=1S/C18H26N4O2.HI/c1-18(9-5-11-24-18)13-21-17(19-2)20-12-16(23)22-10-8-14-6-3-4-7-15(14)22;/h3-4,6-7H,5,8-13H2,1-2H3,(H2,19,20,21);1H. The average molecular weight is 458 g/mol. The number of nitrogens with zero attached hydrogens (tertiary/aromatic N) is 2. The van der Waals surface area contributed by atoms with E-state index in [1.54, 1.807) is 7.05 Å². The highest BCUT2D eigenvalue weighted by atomic mass is 127. The van der Waals surface area contributed by atoms with E-state index in [9.17, 15) is 4.79 Å². The summed E-state index contributed by atoms with van der Waals surface area (Å²) in [6, 6.07) is 8.08. The molecule has 6 nitrogen and oxygen atoms in total. The molecule has 1 saturated heterocycles. The van der Waals surface area contributed by atoms with Crippen LogP contribution in [0.5, 0.6) is 0 Å². The van der Waals surface area contributed by atoms with Crippen LogP contribution in [0.15, 0.2) is 29.3 Å². The summed E-state index contributed by atoms with van der Waals surface area (Å²) in [6.07, 6.45) is 3.06. The molecule has 3 rings (SSSR count). The number of carbonyl (C=O) groups is 1. The van der Waals surface area contributed by atoms with Gasteiger partial charge in [-0.1, -0.05) is 18.2 Å². The SMILES string of the molecule is CN=C(NCC(=O)N1CCc2ccccc21)NCC1(C)CCCO1.I. The number of fused-ring (bicyclic) bond motifs is 1. The number of ether oxygens (including phenoxy) is 1. The van der Waals surface area contributed by atoms with E-state index in [-0.39, 0.29) is 42.0 Å². The molecule has 0 spiro atoms. The summed E-state index contributed by atoms with van der Waals surface area (Å²) in [4.78, 5) is 18.5. The van der Waals surface area contributed by atoms with Crippen molar-refractivity contribution in [1.82, 2.24) is 10.6 Å². The van der Waals surface area contributed by atoms with Gasteiger partial charge in [0.05, 0.1) is 12.1 Å². The number of amides is 1. The lowest BCUT2D eigenvalue weighted by Crippen LogP contribution is -2.48. The fraction of sp³-hybridized carbons (Fsp3) is 0.556. The fourth-order valence-corrected chi connectivity index (χ4v) is 3.32. The van der Waals surface area contributed by atoms with Crippen molar-refractivity contribution in [2.75, 3.05) is 38.2 Å². The largest absolute Gasteiger partial charge is 0.373 e. The predicted molar refractivity (Wildman–Crippen MR) is 111 cm³/mol. The Balaban J connectivity index is 0.00000225. The van der Waals surface area contributed by atoms with Crippen LogP contribution in [0.4, 0.5) is 5.69 Å². The average Bonchev–Trinajstić information content (AvgIpc) is 3.21. The third-order valence-electron chi connectivity index (χ3n) is 4.75. The fourth-order valence-electron chi connectivity index (χ4n) is 3.32. The number of carbonyl (C=O) groups excluding carboxylic acids is 1. The number of hydrogen-bond donors (Lipinski definition) is 2.